The SMILES string of the molecule is [2H]c1c([2H])c([2H])c2c(c1[2H])-c1ccccc1C21c2cc(N(c3ccc4c5ccccc5n(-c5ccccc5)c4c3)c3cccc4ccccc34)ccc2-c2cccc3cccc1c23. The second-order valence-corrected chi connectivity index (χ2v) is 15.7. The van der Waals surface area contributed by atoms with E-state index in [1.807, 2.05) is 18.2 Å². The van der Waals surface area contributed by atoms with Crippen LogP contribution in [0, 0.1) is 0 Å². The Morgan fingerprint density at radius 1 is 0.407 bits per heavy atom. The standard InChI is InChI=1S/C57H36N2/c1-2-19-39(20-3-1)59-54-29-11-8-24-46(54)47-34-32-41(36-55(47)59)58(53-30-14-16-37-15-4-5-21-42(37)53)40-31-33-45-48-25-12-17-38-18-13-28-51(56(38)48)57(52(45)35-40)49-26-9-6-22-43(49)44-23-7-10-27-50(44)57/h1-36H/i6D,9D,22D,26D. The topological polar surface area (TPSA) is 8.17 Å². The van der Waals surface area contributed by atoms with Gasteiger partial charge in [0.05, 0.1) is 27.6 Å². The normalized spacial score (nSPS) is 15.8. The number of hydrogen-bond donors (Lipinski definition) is 0. The van der Waals surface area contributed by atoms with Crippen LogP contribution in [-0.2, 0) is 5.41 Å². The molecule has 2 aliphatic carbocycles. The van der Waals surface area contributed by atoms with Gasteiger partial charge in [-0.15, -0.1) is 0 Å². The molecular formula is C57H36N2. The Morgan fingerprint density at radius 3 is 1.98 bits per heavy atom. The Labute approximate surface area is 348 Å². The minimum absolute atomic E-state index is 0.0139. The highest BCUT2D eigenvalue weighted by Crippen LogP contribution is 2.62. The number of rotatable bonds is 4. The van der Waals surface area contributed by atoms with Gasteiger partial charge in [-0.25, -0.2) is 0 Å². The number of hydrogen-bond acceptors (Lipinski definition) is 1. The first kappa shape index (κ1) is 28.7. The molecule has 0 amide bonds. The number of fused-ring (bicyclic) bond motifs is 13. The average Bonchev–Trinajstić information content (AvgIpc) is 3.83. The van der Waals surface area contributed by atoms with E-state index in [0.717, 1.165) is 88.7 Å². The van der Waals surface area contributed by atoms with Gasteiger partial charge in [-0.1, -0.05) is 170 Å². The lowest BCUT2D eigenvalue weighted by Crippen LogP contribution is -2.32. The number of anilines is 3. The maximum atomic E-state index is 9.78. The second-order valence-electron chi connectivity index (χ2n) is 15.7. The van der Waals surface area contributed by atoms with E-state index in [1.54, 1.807) is 0 Å². The fourth-order valence-corrected chi connectivity index (χ4v) is 10.5. The summed E-state index contributed by atoms with van der Waals surface area (Å²) in [5.74, 6) is 0. The Morgan fingerprint density at radius 2 is 1.05 bits per heavy atom. The molecule has 1 unspecified atom stereocenters. The van der Waals surface area contributed by atoms with Gasteiger partial charge in [-0.3, -0.25) is 0 Å². The maximum Gasteiger partial charge on any atom is 0.0726 e. The first-order valence-electron chi connectivity index (χ1n) is 22.2. The van der Waals surface area contributed by atoms with Crippen LogP contribution in [0.1, 0.15) is 27.7 Å². The Bertz CT molecular complexity index is 3750. The van der Waals surface area contributed by atoms with Crippen molar-refractivity contribution in [2.45, 2.75) is 5.41 Å². The zero-order chi connectivity index (χ0) is 42.1. The molecule has 0 saturated carbocycles. The number of nitrogens with zero attached hydrogens (tertiary/aromatic N) is 2. The summed E-state index contributed by atoms with van der Waals surface area (Å²) >= 11 is 0. The quantitative estimate of drug-likeness (QED) is 0.174. The molecule has 1 heterocycles. The fourth-order valence-electron chi connectivity index (χ4n) is 10.5. The van der Waals surface area contributed by atoms with Gasteiger partial charge in [0, 0.05) is 33.2 Å². The highest BCUT2D eigenvalue weighted by molar-refractivity contribution is 6.12. The Kier molecular flexibility index (Phi) is 5.91. The van der Waals surface area contributed by atoms with Crippen molar-refractivity contribution in [1.29, 1.82) is 0 Å². The van der Waals surface area contributed by atoms with Crippen molar-refractivity contribution in [1.82, 2.24) is 4.57 Å². The lowest BCUT2D eigenvalue weighted by molar-refractivity contribution is 0.773. The van der Waals surface area contributed by atoms with Crippen LogP contribution in [0.4, 0.5) is 17.1 Å². The van der Waals surface area contributed by atoms with Gasteiger partial charge in [0.15, 0.2) is 0 Å². The molecule has 2 nitrogen and oxygen atoms in total. The molecule has 0 saturated heterocycles. The van der Waals surface area contributed by atoms with Gasteiger partial charge in [0.2, 0.25) is 0 Å². The molecule has 1 spiro atoms. The number of para-hydroxylation sites is 2. The molecule has 0 bridgehead atoms. The molecule has 0 aliphatic heterocycles. The predicted octanol–water partition coefficient (Wildman–Crippen LogP) is 14.9. The first-order valence-corrected chi connectivity index (χ1v) is 20.2. The highest BCUT2D eigenvalue weighted by atomic mass is 15.1. The Hall–Kier alpha value is -7.68. The van der Waals surface area contributed by atoms with E-state index in [9.17, 15) is 2.74 Å². The van der Waals surface area contributed by atoms with Crippen LogP contribution in [0.25, 0.3) is 71.3 Å². The summed E-state index contributed by atoms with van der Waals surface area (Å²) in [6.07, 6.45) is 0. The van der Waals surface area contributed by atoms with Gasteiger partial charge >= 0.3 is 0 Å². The van der Waals surface area contributed by atoms with Crippen LogP contribution in [0.2, 0.25) is 0 Å². The molecule has 11 aromatic rings. The lowest BCUT2D eigenvalue weighted by atomic mass is 9.61. The van der Waals surface area contributed by atoms with Crippen LogP contribution in [-0.4, -0.2) is 4.57 Å². The van der Waals surface area contributed by atoms with Crippen LogP contribution in [0.3, 0.4) is 0 Å². The third-order valence-corrected chi connectivity index (χ3v) is 12.9. The van der Waals surface area contributed by atoms with Crippen molar-refractivity contribution < 1.29 is 5.48 Å². The van der Waals surface area contributed by atoms with E-state index in [-0.39, 0.29) is 24.2 Å². The molecule has 1 aromatic heterocycles. The van der Waals surface area contributed by atoms with Crippen molar-refractivity contribution >= 4 is 60.4 Å². The number of aromatic nitrogens is 1. The smallest absolute Gasteiger partial charge is 0.0726 e. The van der Waals surface area contributed by atoms with Crippen LogP contribution in [0.5, 0.6) is 0 Å². The minimum Gasteiger partial charge on any atom is -0.310 e. The van der Waals surface area contributed by atoms with E-state index in [1.165, 1.54) is 10.8 Å². The van der Waals surface area contributed by atoms with Crippen LogP contribution >= 0.6 is 0 Å². The van der Waals surface area contributed by atoms with Crippen molar-refractivity contribution in [2.75, 3.05) is 4.90 Å². The van der Waals surface area contributed by atoms with E-state index >= 15 is 0 Å². The molecule has 2 aliphatic rings. The molecule has 0 N–H and O–H groups in total. The summed E-state index contributed by atoms with van der Waals surface area (Å²) < 4.78 is 39.6. The summed E-state index contributed by atoms with van der Waals surface area (Å²) in [6, 6.07) is 68.3. The zero-order valence-corrected chi connectivity index (χ0v) is 31.9. The fraction of sp³-hybridized carbons (Fsp3) is 0.0175. The molecule has 10 aromatic carbocycles. The third kappa shape index (κ3) is 4.35. The van der Waals surface area contributed by atoms with Crippen LogP contribution in [0.15, 0.2) is 218 Å². The first-order chi connectivity index (χ1) is 30.9. The summed E-state index contributed by atoms with van der Waals surface area (Å²) in [4.78, 5) is 2.37. The lowest BCUT2D eigenvalue weighted by Gasteiger charge is -2.41. The third-order valence-electron chi connectivity index (χ3n) is 12.9. The predicted molar refractivity (Wildman–Crippen MR) is 247 cm³/mol. The molecule has 13 rings (SSSR count). The van der Waals surface area contributed by atoms with Crippen molar-refractivity contribution in [3.63, 3.8) is 0 Å². The second kappa shape index (κ2) is 12.2. The van der Waals surface area contributed by atoms with Gasteiger partial charge in [0.1, 0.15) is 0 Å². The van der Waals surface area contributed by atoms with Gasteiger partial charge < -0.3 is 9.47 Å². The van der Waals surface area contributed by atoms with E-state index < -0.39 is 5.41 Å². The molecule has 0 fully saturated rings. The van der Waals surface area contributed by atoms with E-state index in [2.05, 4.69) is 185 Å². The largest absolute Gasteiger partial charge is 0.310 e. The molecule has 59 heavy (non-hydrogen) atoms. The maximum absolute atomic E-state index is 9.78. The molecular weight excluding hydrogens is 713 g/mol. The van der Waals surface area contributed by atoms with Crippen molar-refractivity contribution in [3.8, 4) is 27.9 Å². The van der Waals surface area contributed by atoms with E-state index in [4.69, 9.17) is 2.74 Å². The summed E-state index contributed by atoms with van der Waals surface area (Å²) in [7, 11) is 0. The van der Waals surface area contributed by atoms with Gasteiger partial charge in [-0.2, -0.15) is 0 Å². The summed E-state index contributed by atoms with van der Waals surface area (Å²) in [5, 5.41) is 6.77. The molecule has 274 valence electrons. The van der Waals surface area contributed by atoms with Gasteiger partial charge in [-0.05, 0) is 109 Å². The van der Waals surface area contributed by atoms with Crippen molar-refractivity contribution in [2.24, 2.45) is 0 Å². The average molecular weight is 753 g/mol. The monoisotopic (exact) mass is 752 g/mol. The van der Waals surface area contributed by atoms with Crippen LogP contribution < -0.4 is 4.90 Å². The highest BCUT2D eigenvalue weighted by Gasteiger charge is 2.50. The Balaban J connectivity index is 1.17. The van der Waals surface area contributed by atoms with E-state index in [0.29, 0.717) is 11.1 Å². The molecule has 2 heteroatoms. The number of benzene rings is 10. The summed E-state index contributed by atoms with van der Waals surface area (Å²) in [5.41, 5.74) is 12.3. The van der Waals surface area contributed by atoms with Gasteiger partial charge in [0.25, 0.3) is 0 Å². The molecule has 0 radical (unpaired) electrons. The minimum atomic E-state index is -1.06. The zero-order valence-electron chi connectivity index (χ0n) is 35.9. The molecule has 1 atom stereocenters. The van der Waals surface area contributed by atoms with Crippen molar-refractivity contribution in [3.05, 3.63) is 241 Å². The summed E-state index contributed by atoms with van der Waals surface area (Å²) in [6.45, 7) is 0.